The highest BCUT2D eigenvalue weighted by molar-refractivity contribution is 7.89. The van der Waals surface area contributed by atoms with Gasteiger partial charge in [-0.05, 0) is 48.7 Å². The number of carbonyl (C=O) groups is 1. The third-order valence-corrected chi connectivity index (χ3v) is 7.22. The molecule has 1 saturated carbocycles. The number of nitrogens with one attached hydrogen (secondary N) is 1. The van der Waals surface area contributed by atoms with Crippen molar-refractivity contribution in [3.8, 4) is 0 Å². The number of nitrogens with zero attached hydrogens (tertiary/aromatic N) is 2. The summed E-state index contributed by atoms with van der Waals surface area (Å²) in [5.74, 6) is -0.167. The third-order valence-electron chi connectivity index (χ3n) is 5.70. The zero-order valence-corrected chi connectivity index (χ0v) is 17.3. The lowest BCUT2D eigenvalue weighted by Crippen LogP contribution is -2.42. The van der Waals surface area contributed by atoms with Gasteiger partial charge < -0.3 is 9.47 Å². The summed E-state index contributed by atoms with van der Waals surface area (Å²) < 4.78 is 30.1. The fourth-order valence-corrected chi connectivity index (χ4v) is 5.39. The van der Waals surface area contributed by atoms with Gasteiger partial charge in [-0.1, -0.05) is 36.4 Å². The first kappa shape index (κ1) is 19.1. The van der Waals surface area contributed by atoms with Crippen LogP contribution in [0.1, 0.15) is 40.5 Å². The van der Waals surface area contributed by atoms with Crippen LogP contribution in [0.25, 0.3) is 0 Å². The minimum absolute atomic E-state index is 0.0201. The molecule has 154 valence electrons. The number of rotatable bonds is 5. The van der Waals surface area contributed by atoms with Gasteiger partial charge in [-0.15, -0.1) is 0 Å². The van der Waals surface area contributed by atoms with Crippen LogP contribution in [-0.4, -0.2) is 36.4 Å². The summed E-state index contributed by atoms with van der Waals surface area (Å²) in [4.78, 5) is 15.5. The lowest BCUT2D eigenvalue weighted by molar-refractivity contribution is 0.0664. The van der Waals surface area contributed by atoms with Gasteiger partial charge in [0, 0.05) is 36.6 Å². The minimum atomic E-state index is -3.61. The molecule has 1 atom stereocenters. The van der Waals surface area contributed by atoms with Gasteiger partial charge in [-0.2, -0.15) is 0 Å². The highest BCUT2D eigenvalue weighted by Gasteiger charge is 2.33. The Morgan fingerprint density at radius 1 is 0.933 bits per heavy atom. The molecule has 0 bridgehead atoms. The molecule has 1 aliphatic heterocycles. The summed E-state index contributed by atoms with van der Waals surface area (Å²) in [5.41, 5.74) is 2.47. The van der Waals surface area contributed by atoms with E-state index in [1.807, 2.05) is 53.6 Å². The van der Waals surface area contributed by atoms with E-state index in [9.17, 15) is 13.2 Å². The number of benzene rings is 2. The smallest absolute Gasteiger partial charge is 0.254 e. The Morgan fingerprint density at radius 3 is 2.50 bits per heavy atom. The fraction of sp³-hybridized carbons (Fsp3) is 0.261. The maximum atomic E-state index is 13.5. The van der Waals surface area contributed by atoms with Gasteiger partial charge in [0.1, 0.15) is 0 Å². The maximum absolute atomic E-state index is 13.5. The van der Waals surface area contributed by atoms with Crippen LogP contribution in [0.5, 0.6) is 0 Å². The van der Waals surface area contributed by atoms with Crippen molar-refractivity contribution < 1.29 is 13.2 Å². The van der Waals surface area contributed by atoms with Crippen LogP contribution in [0.15, 0.2) is 77.8 Å². The highest BCUT2D eigenvalue weighted by Crippen LogP contribution is 2.33. The van der Waals surface area contributed by atoms with Crippen molar-refractivity contribution in [2.24, 2.45) is 0 Å². The number of aromatic nitrogens is 1. The van der Waals surface area contributed by atoms with Gasteiger partial charge >= 0.3 is 0 Å². The van der Waals surface area contributed by atoms with E-state index in [2.05, 4.69) is 9.29 Å². The van der Waals surface area contributed by atoms with Crippen molar-refractivity contribution in [3.63, 3.8) is 0 Å². The Hall–Kier alpha value is -2.90. The molecule has 3 aromatic rings. The van der Waals surface area contributed by atoms with Crippen LogP contribution in [0, 0.1) is 0 Å². The van der Waals surface area contributed by atoms with Crippen LogP contribution in [0.2, 0.25) is 0 Å². The molecule has 0 radical (unpaired) electrons. The molecular formula is C23H23N3O3S. The van der Waals surface area contributed by atoms with Crippen LogP contribution in [-0.2, 0) is 16.6 Å². The van der Waals surface area contributed by atoms with Crippen molar-refractivity contribution in [1.82, 2.24) is 14.2 Å². The molecule has 1 amide bonds. The van der Waals surface area contributed by atoms with Crippen LogP contribution in [0.4, 0.5) is 0 Å². The van der Waals surface area contributed by atoms with Crippen molar-refractivity contribution in [2.75, 3.05) is 6.54 Å². The minimum Gasteiger partial charge on any atom is -0.348 e. The summed E-state index contributed by atoms with van der Waals surface area (Å²) in [6, 6.07) is 20.1. The molecule has 1 unspecified atom stereocenters. The Bertz CT molecular complexity index is 1180. The molecule has 2 heterocycles. The Kier molecular flexibility index (Phi) is 4.72. The topological polar surface area (TPSA) is 71.4 Å². The van der Waals surface area contributed by atoms with E-state index in [1.165, 1.54) is 12.1 Å². The predicted molar refractivity (Wildman–Crippen MR) is 114 cm³/mol. The van der Waals surface area contributed by atoms with Crippen molar-refractivity contribution in [2.45, 2.75) is 36.4 Å². The van der Waals surface area contributed by atoms with Crippen LogP contribution < -0.4 is 4.72 Å². The van der Waals surface area contributed by atoms with E-state index in [1.54, 1.807) is 12.1 Å². The van der Waals surface area contributed by atoms with E-state index in [-0.39, 0.29) is 22.9 Å². The first-order valence-electron chi connectivity index (χ1n) is 10.2. The third kappa shape index (κ3) is 3.55. The molecule has 0 saturated heterocycles. The second kappa shape index (κ2) is 7.41. The molecule has 7 heteroatoms. The van der Waals surface area contributed by atoms with Gasteiger partial charge in [0.15, 0.2) is 0 Å². The average Bonchev–Trinajstić information content (AvgIpc) is 3.44. The summed E-state index contributed by atoms with van der Waals surface area (Å²) in [5, 5.41) is 0. The van der Waals surface area contributed by atoms with Crippen molar-refractivity contribution in [1.29, 1.82) is 0 Å². The van der Waals surface area contributed by atoms with E-state index < -0.39 is 10.0 Å². The largest absolute Gasteiger partial charge is 0.348 e. The van der Waals surface area contributed by atoms with E-state index in [0.29, 0.717) is 18.7 Å². The normalized spacial score (nSPS) is 18.8. The SMILES string of the molecule is O=C(c1cccc(S(=O)(=O)NC2CC2)c1)N1CCn2cccc2C1c1ccccc1. The Morgan fingerprint density at radius 2 is 1.73 bits per heavy atom. The fourth-order valence-electron chi connectivity index (χ4n) is 4.04. The maximum Gasteiger partial charge on any atom is 0.254 e. The lowest BCUT2D eigenvalue weighted by Gasteiger charge is -2.37. The summed E-state index contributed by atoms with van der Waals surface area (Å²) in [6.45, 7) is 1.26. The molecule has 1 aromatic heterocycles. The number of sulfonamides is 1. The average molecular weight is 422 g/mol. The van der Waals surface area contributed by atoms with Crippen molar-refractivity contribution in [3.05, 3.63) is 89.7 Å². The Balaban J connectivity index is 1.50. The molecular weight excluding hydrogens is 398 g/mol. The van der Waals surface area contributed by atoms with Gasteiger partial charge in [0.2, 0.25) is 10.0 Å². The number of hydrogen-bond donors (Lipinski definition) is 1. The lowest BCUT2D eigenvalue weighted by atomic mass is 9.99. The molecule has 5 rings (SSSR count). The summed E-state index contributed by atoms with van der Waals surface area (Å²) in [6.07, 6.45) is 3.76. The van der Waals surface area contributed by atoms with Gasteiger partial charge in [0.05, 0.1) is 10.9 Å². The second-order valence-electron chi connectivity index (χ2n) is 7.86. The Labute approximate surface area is 176 Å². The van der Waals surface area contributed by atoms with Crippen molar-refractivity contribution >= 4 is 15.9 Å². The number of carbonyl (C=O) groups excluding carboxylic acids is 1. The van der Waals surface area contributed by atoms with E-state index >= 15 is 0 Å². The predicted octanol–water partition coefficient (Wildman–Crippen LogP) is 3.17. The van der Waals surface area contributed by atoms with E-state index in [0.717, 1.165) is 24.1 Å². The molecule has 1 N–H and O–H groups in total. The monoisotopic (exact) mass is 421 g/mol. The van der Waals surface area contributed by atoms with Gasteiger partial charge in [-0.25, -0.2) is 13.1 Å². The highest BCUT2D eigenvalue weighted by atomic mass is 32.2. The first-order valence-corrected chi connectivity index (χ1v) is 11.6. The molecule has 30 heavy (non-hydrogen) atoms. The molecule has 2 aromatic carbocycles. The summed E-state index contributed by atoms with van der Waals surface area (Å²) >= 11 is 0. The number of fused-ring (bicyclic) bond motifs is 1. The molecule has 2 aliphatic rings. The zero-order chi connectivity index (χ0) is 20.7. The van der Waals surface area contributed by atoms with E-state index in [4.69, 9.17) is 0 Å². The standard InChI is InChI=1S/C23H23N3O3S/c27-23(18-8-4-9-20(16-18)30(28,29)24-19-11-12-19)26-15-14-25-13-5-10-21(25)22(26)17-6-2-1-3-7-17/h1-10,13,16,19,22,24H,11-12,14-15H2. The first-order chi connectivity index (χ1) is 14.5. The summed E-state index contributed by atoms with van der Waals surface area (Å²) in [7, 11) is -3.61. The molecule has 0 spiro atoms. The second-order valence-corrected chi connectivity index (χ2v) is 9.58. The van der Waals surface area contributed by atoms with Crippen LogP contribution in [0.3, 0.4) is 0 Å². The molecule has 1 fully saturated rings. The van der Waals surface area contributed by atoms with Gasteiger partial charge in [-0.3, -0.25) is 4.79 Å². The molecule has 1 aliphatic carbocycles. The quantitative estimate of drug-likeness (QED) is 0.688. The molecule has 6 nitrogen and oxygen atoms in total. The van der Waals surface area contributed by atoms with Gasteiger partial charge in [0.25, 0.3) is 5.91 Å². The van der Waals surface area contributed by atoms with Crippen LogP contribution >= 0.6 is 0 Å². The number of amides is 1. The number of hydrogen-bond acceptors (Lipinski definition) is 3. The zero-order valence-electron chi connectivity index (χ0n) is 16.4.